The van der Waals surface area contributed by atoms with E-state index in [1.54, 1.807) is 0 Å². The zero-order valence-electron chi connectivity index (χ0n) is 7.68. The van der Waals surface area contributed by atoms with Crippen molar-refractivity contribution in [2.24, 2.45) is 0 Å². The SMILES string of the molecule is CCNCC(=O)N(CC)CC. The van der Waals surface area contributed by atoms with E-state index >= 15 is 0 Å². The lowest BCUT2D eigenvalue weighted by molar-refractivity contribution is -0.129. The normalized spacial score (nSPS) is 9.73. The Morgan fingerprint density at radius 2 is 1.82 bits per heavy atom. The molecule has 0 aromatic rings. The number of hydrogen-bond acceptors (Lipinski definition) is 2. The first-order valence-electron chi connectivity index (χ1n) is 4.24. The van der Waals surface area contributed by atoms with Gasteiger partial charge in [0.05, 0.1) is 6.54 Å². The molecule has 3 nitrogen and oxygen atoms in total. The first kappa shape index (κ1) is 10.4. The largest absolute Gasteiger partial charge is 0.342 e. The van der Waals surface area contributed by atoms with Gasteiger partial charge in [0.2, 0.25) is 5.91 Å². The summed E-state index contributed by atoms with van der Waals surface area (Å²) in [5.41, 5.74) is 0. The van der Waals surface area contributed by atoms with Gasteiger partial charge in [-0.1, -0.05) is 6.92 Å². The predicted octanol–water partition coefficient (Wildman–Crippen LogP) is 0.464. The highest BCUT2D eigenvalue weighted by atomic mass is 16.2. The molecule has 66 valence electrons. The average molecular weight is 158 g/mol. The Morgan fingerprint density at radius 1 is 1.27 bits per heavy atom. The lowest BCUT2D eigenvalue weighted by Crippen LogP contribution is -2.37. The highest BCUT2D eigenvalue weighted by molar-refractivity contribution is 5.78. The smallest absolute Gasteiger partial charge is 0.236 e. The van der Waals surface area contributed by atoms with E-state index in [0.717, 1.165) is 19.6 Å². The molecule has 0 saturated carbocycles. The number of hydrogen-bond donors (Lipinski definition) is 1. The number of amides is 1. The molecule has 3 heteroatoms. The first-order chi connectivity index (χ1) is 5.26. The number of likely N-dealkylation sites (N-methyl/N-ethyl adjacent to an activating group) is 2. The second-order valence-corrected chi connectivity index (χ2v) is 2.35. The van der Waals surface area contributed by atoms with Crippen molar-refractivity contribution in [2.45, 2.75) is 20.8 Å². The van der Waals surface area contributed by atoms with Crippen LogP contribution in [0.2, 0.25) is 0 Å². The van der Waals surface area contributed by atoms with Crippen LogP contribution in [0.15, 0.2) is 0 Å². The van der Waals surface area contributed by atoms with Crippen LogP contribution in [-0.2, 0) is 4.79 Å². The zero-order valence-corrected chi connectivity index (χ0v) is 7.68. The van der Waals surface area contributed by atoms with Gasteiger partial charge >= 0.3 is 0 Å². The summed E-state index contributed by atoms with van der Waals surface area (Å²) in [5, 5.41) is 3.01. The van der Waals surface area contributed by atoms with E-state index in [0.29, 0.717) is 6.54 Å². The van der Waals surface area contributed by atoms with Crippen LogP contribution in [0, 0.1) is 0 Å². The Labute approximate surface area is 68.8 Å². The lowest BCUT2D eigenvalue weighted by Gasteiger charge is -2.18. The molecule has 0 aliphatic heterocycles. The van der Waals surface area contributed by atoms with Crippen LogP contribution in [0.4, 0.5) is 0 Å². The Hall–Kier alpha value is -0.570. The van der Waals surface area contributed by atoms with E-state index in [9.17, 15) is 4.79 Å². The number of carbonyl (C=O) groups excluding carboxylic acids is 1. The number of nitrogens with zero attached hydrogens (tertiary/aromatic N) is 1. The van der Waals surface area contributed by atoms with Crippen molar-refractivity contribution in [1.29, 1.82) is 0 Å². The van der Waals surface area contributed by atoms with Crippen LogP contribution in [0.25, 0.3) is 0 Å². The Balaban J connectivity index is 3.61. The Kier molecular flexibility index (Phi) is 5.84. The minimum atomic E-state index is 0.192. The third kappa shape index (κ3) is 3.98. The predicted molar refractivity (Wildman–Crippen MR) is 46.5 cm³/mol. The third-order valence-electron chi connectivity index (χ3n) is 1.64. The van der Waals surface area contributed by atoms with Gasteiger partial charge in [-0.3, -0.25) is 4.79 Å². The molecule has 1 amide bonds. The van der Waals surface area contributed by atoms with E-state index in [1.807, 2.05) is 25.7 Å². The molecule has 0 rings (SSSR count). The molecule has 0 aliphatic rings. The van der Waals surface area contributed by atoms with Gasteiger partial charge in [0.25, 0.3) is 0 Å². The van der Waals surface area contributed by atoms with Gasteiger partial charge in [-0.15, -0.1) is 0 Å². The molecule has 0 saturated heterocycles. The zero-order chi connectivity index (χ0) is 8.69. The highest BCUT2D eigenvalue weighted by Crippen LogP contribution is 1.86. The van der Waals surface area contributed by atoms with Gasteiger partial charge in [-0.2, -0.15) is 0 Å². The number of rotatable bonds is 5. The molecule has 0 heterocycles. The van der Waals surface area contributed by atoms with Gasteiger partial charge in [-0.25, -0.2) is 0 Å². The quantitative estimate of drug-likeness (QED) is 0.630. The van der Waals surface area contributed by atoms with Crippen molar-refractivity contribution in [3.05, 3.63) is 0 Å². The molecular weight excluding hydrogens is 140 g/mol. The summed E-state index contributed by atoms with van der Waals surface area (Å²) in [7, 11) is 0. The summed E-state index contributed by atoms with van der Waals surface area (Å²) >= 11 is 0. The summed E-state index contributed by atoms with van der Waals surface area (Å²) in [5.74, 6) is 0.192. The van der Waals surface area contributed by atoms with Crippen LogP contribution in [0.1, 0.15) is 20.8 Å². The van der Waals surface area contributed by atoms with Gasteiger partial charge < -0.3 is 10.2 Å². The second-order valence-electron chi connectivity index (χ2n) is 2.35. The van der Waals surface area contributed by atoms with E-state index in [1.165, 1.54) is 0 Å². The summed E-state index contributed by atoms with van der Waals surface area (Å²) in [6.07, 6.45) is 0. The maximum absolute atomic E-state index is 11.2. The van der Waals surface area contributed by atoms with E-state index in [-0.39, 0.29) is 5.91 Å². The summed E-state index contributed by atoms with van der Waals surface area (Å²) in [4.78, 5) is 13.0. The molecule has 0 unspecified atom stereocenters. The number of carbonyl (C=O) groups is 1. The summed E-state index contributed by atoms with van der Waals surface area (Å²) in [6.45, 7) is 8.92. The van der Waals surface area contributed by atoms with Crippen molar-refractivity contribution in [3.8, 4) is 0 Å². The van der Waals surface area contributed by atoms with Gasteiger partial charge in [-0.05, 0) is 20.4 Å². The fraction of sp³-hybridized carbons (Fsp3) is 0.875. The molecule has 0 atom stereocenters. The van der Waals surface area contributed by atoms with E-state index in [2.05, 4.69) is 5.32 Å². The summed E-state index contributed by atoms with van der Waals surface area (Å²) < 4.78 is 0. The maximum atomic E-state index is 11.2. The Bertz CT molecular complexity index is 111. The van der Waals surface area contributed by atoms with E-state index < -0.39 is 0 Å². The summed E-state index contributed by atoms with van der Waals surface area (Å²) in [6, 6.07) is 0. The van der Waals surface area contributed by atoms with Crippen molar-refractivity contribution >= 4 is 5.91 Å². The van der Waals surface area contributed by atoms with E-state index in [4.69, 9.17) is 0 Å². The molecule has 0 aliphatic carbocycles. The molecule has 11 heavy (non-hydrogen) atoms. The standard InChI is InChI=1S/C8H18N2O/c1-4-9-7-8(11)10(5-2)6-3/h9H,4-7H2,1-3H3. The molecule has 0 aromatic carbocycles. The monoisotopic (exact) mass is 158 g/mol. The van der Waals surface area contributed by atoms with Crippen molar-refractivity contribution in [2.75, 3.05) is 26.2 Å². The van der Waals surface area contributed by atoms with Crippen molar-refractivity contribution in [3.63, 3.8) is 0 Å². The highest BCUT2D eigenvalue weighted by Gasteiger charge is 2.06. The fourth-order valence-electron chi connectivity index (χ4n) is 0.920. The van der Waals surface area contributed by atoms with Crippen molar-refractivity contribution < 1.29 is 4.79 Å². The van der Waals surface area contributed by atoms with Crippen LogP contribution in [0.5, 0.6) is 0 Å². The minimum absolute atomic E-state index is 0.192. The lowest BCUT2D eigenvalue weighted by atomic mass is 10.4. The average Bonchev–Trinajstić information content (AvgIpc) is 2.03. The molecule has 0 radical (unpaired) electrons. The molecule has 0 aromatic heterocycles. The minimum Gasteiger partial charge on any atom is -0.342 e. The van der Waals surface area contributed by atoms with Gasteiger partial charge in [0, 0.05) is 13.1 Å². The molecule has 0 bridgehead atoms. The fourth-order valence-corrected chi connectivity index (χ4v) is 0.920. The first-order valence-corrected chi connectivity index (χ1v) is 4.24. The maximum Gasteiger partial charge on any atom is 0.236 e. The van der Waals surface area contributed by atoms with Crippen LogP contribution >= 0.6 is 0 Å². The van der Waals surface area contributed by atoms with Crippen molar-refractivity contribution in [1.82, 2.24) is 10.2 Å². The third-order valence-corrected chi connectivity index (χ3v) is 1.64. The van der Waals surface area contributed by atoms with Crippen LogP contribution in [0.3, 0.4) is 0 Å². The Morgan fingerprint density at radius 3 is 2.18 bits per heavy atom. The molecule has 0 spiro atoms. The number of nitrogens with one attached hydrogen (secondary N) is 1. The molecular formula is C8H18N2O. The van der Waals surface area contributed by atoms with Crippen LogP contribution < -0.4 is 5.32 Å². The molecule has 1 N–H and O–H groups in total. The topological polar surface area (TPSA) is 32.3 Å². The second kappa shape index (κ2) is 6.16. The van der Waals surface area contributed by atoms with Gasteiger partial charge in [0.15, 0.2) is 0 Å². The molecule has 0 fully saturated rings. The van der Waals surface area contributed by atoms with Gasteiger partial charge in [0.1, 0.15) is 0 Å². The van der Waals surface area contributed by atoms with Crippen LogP contribution in [-0.4, -0.2) is 37.0 Å².